The van der Waals surface area contributed by atoms with Crippen LogP contribution in [0.2, 0.25) is 0 Å². The minimum Gasteiger partial charge on any atom is -0.497 e. The van der Waals surface area contributed by atoms with E-state index in [1.807, 2.05) is 0 Å². The van der Waals surface area contributed by atoms with Crippen molar-refractivity contribution >= 4 is 28.7 Å². The lowest BCUT2D eigenvalue weighted by atomic mass is 10.1. The highest BCUT2D eigenvalue weighted by atomic mass is 16.6. The Labute approximate surface area is 187 Å². The maximum absolute atomic E-state index is 12.6. The first-order chi connectivity index (χ1) is 15.9. The van der Waals surface area contributed by atoms with E-state index < -0.39 is 10.9 Å². The molecule has 0 saturated heterocycles. The van der Waals surface area contributed by atoms with E-state index in [-0.39, 0.29) is 22.3 Å². The van der Waals surface area contributed by atoms with Crippen LogP contribution >= 0.6 is 0 Å². The van der Waals surface area contributed by atoms with E-state index in [0.29, 0.717) is 22.7 Å². The Bertz CT molecular complexity index is 1440. The fourth-order valence-corrected chi connectivity index (χ4v) is 3.15. The van der Waals surface area contributed by atoms with Gasteiger partial charge in [0.05, 0.1) is 17.4 Å². The number of nitrogens with zero attached hydrogens (tertiary/aromatic N) is 1. The molecule has 0 radical (unpaired) electrons. The van der Waals surface area contributed by atoms with Crippen LogP contribution in [0.25, 0.3) is 28.4 Å². The molecular weight excluding hydrogens is 426 g/mol. The molecule has 8 heteroatoms. The summed E-state index contributed by atoms with van der Waals surface area (Å²) in [5.41, 5.74) is 1.18. The normalized spacial score (nSPS) is 10.9. The summed E-state index contributed by atoms with van der Waals surface area (Å²) in [4.78, 5) is 35.1. The van der Waals surface area contributed by atoms with Crippen molar-refractivity contribution in [1.82, 2.24) is 0 Å². The highest BCUT2D eigenvalue weighted by molar-refractivity contribution is 5.89. The van der Waals surface area contributed by atoms with Gasteiger partial charge in [-0.3, -0.25) is 14.9 Å². The summed E-state index contributed by atoms with van der Waals surface area (Å²) < 4.78 is 16.2. The van der Waals surface area contributed by atoms with Gasteiger partial charge in [-0.1, -0.05) is 12.1 Å². The first kappa shape index (κ1) is 21.5. The molecule has 164 valence electrons. The molecule has 4 aromatic rings. The van der Waals surface area contributed by atoms with E-state index in [1.54, 1.807) is 43.5 Å². The molecule has 1 heterocycles. The summed E-state index contributed by atoms with van der Waals surface area (Å²) in [7, 11) is 1.57. The predicted octanol–water partition coefficient (Wildman–Crippen LogP) is 5.00. The Morgan fingerprint density at radius 2 is 1.76 bits per heavy atom. The maximum atomic E-state index is 12.6. The Hall–Kier alpha value is -4.72. The minimum absolute atomic E-state index is 0.0826. The van der Waals surface area contributed by atoms with Crippen LogP contribution in [0.1, 0.15) is 5.56 Å². The minimum atomic E-state index is -0.694. The summed E-state index contributed by atoms with van der Waals surface area (Å²) >= 11 is 0. The molecule has 0 bridgehead atoms. The highest BCUT2D eigenvalue weighted by Gasteiger charge is 2.10. The van der Waals surface area contributed by atoms with Gasteiger partial charge in [0, 0.05) is 29.8 Å². The number of carbonyl (C=O) groups excluding carboxylic acids is 1. The van der Waals surface area contributed by atoms with Crippen molar-refractivity contribution in [2.45, 2.75) is 0 Å². The fourth-order valence-electron chi connectivity index (χ4n) is 3.15. The third-order valence-corrected chi connectivity index (χ3v) is 4.78. The second kappa shape index (κ2) is 9.19. The molecule has 0 saturated carbocycles. The number of hydrogen-bond acceptors (Lipinski definition) is 7. The second-order valence-electron chi connectivity index (χ2n) is 6.97. The van der Waals surface area contributed by atoms with Crippen LogP contribution in [0.3, 0.4) is 0 Å². The largest absolute Gasteiger partial charge is 0.497 e. The number of esters is 1. The number of hydrogen-bond donors (Lipinski definition) is 0. The molecule has 33 heavy (non-hydrogen) atoms. The molecule has 0 amide bonds. The first-order valence-electron chi connectivity index (χ1n) is 9.79. The Balaban J connectivity index is 1.53. The average Bonchev–Trinajstić information content (AvgIpc) is 2.83. The van der Waals surface area contributed by atoms with Gasteiger partial charge in [-0.05, 0) is 54.1 Å². The molecule has 0 N–H and O–H groups in total. The molecular formula is C25H17NO7. The number of carbonyl (C=O) groups is 1. The number of fused-ring (bicyclic) bond motifs is 1. The van der Waals surface area contributed by atoms with Crippen LogP contribution in [-0.4, -0.2) is 18.0 Å². The molecule has 1 aromatic heterocycles. The third-order valence-electron chi connectivity index (χ3n) is 4.78. The predicted molar refractivity (Wildman–Crippen MR) is 122 cm³/mol. The number of non-ortho nitro benzene ring substituents is 1. The monoisotopic (exact) mass is 443 g/mol. The molecule has 4 rings (SSSR count). The van der Waals surface area contributed by atoms with Crippen LogP contribution in [0.5, 0.6) is 11.5 Å². The Morgan fingerprint density at radius 3 is 2.48 bits per heavy atom. The van der Waals surface area contributed by atoms with E-state index in [1.165, 1.54) is 42.5 Å². The average molecular weight is 443 g/mol. The summed E-state index contributed by atoms with van der Waals surface area (Å²) in [5, 5.41) is 11.1. The van der Waals surface area contributed by atoms with Gasteiger partial charge < -0.3 is 13.9 Å². The van der Waals surface area contributed by atoms with E-state index in [4.69, 9.17) is 13.9 Å². The quantitative estimate of drug-likeness (QED) is 0.136. The van der Waals surface area contributed by atoms with E-state index in [2.05, 4.69) is 0 Å². The second-order valence-corrected chi connectivity index (χ2v) is 6.97. The van der Waals surface area contributed by atoms with Crippen molar-refractivity contribution in [3.05, 3.63) is 105 Å². The molecule has 0 fully saturated rings. The Morgan fingerprint density at radius 1 is 1.00 bits per heavy atom. The number of methoxy groups -OCH3 is 1. The van der Waals surface area contributed by atoms with E-state index >= 15 is 0 Å². The van der Waals surface area contributed by atoms with Crippen molar-refractivity contribution in [2.24, 2.45) is 0 Å². The SMILES string of the molecule is COc1ccc(-c2cc(=O)c3cc(OC(=O)C=Cc4cccc([N+](=O)[O-])c4)ccc3o2)cc1. The van der Waals surface area contributed by atoms with Crippen molar-refractivity contribution in [2.75, 3.05) is 7.11 Å². The van der Waals surface area contributed by atoms with Crippen molar-refractivity contribution in [3.63, 3.8) is 0 Å². The van der Waals surface area contributed by atoms with Gasteiger partial charge in [-0.25, -0.2) is 4.79 Å². The summed E-state index contributed by atoms with van der Waals surface area (Å²) in [6.45, 7) is 0. The van der Waals surface area contributed by atoms with Crippen LogP contribution in [0.15, 0.2) is 88.1 Å². The molecule has 0 aliphatic carbocycles. The topological polar surface area (TPSA) is 109 Å². The number of nitro benzene ring substituents is 1. The third kappa shape index (κ3) is 4.96. The van der Waals surface area contributed by atoms with Gasteiger partial charge in [0.1, 0.15) is 22.8 Å². The van der Waals surface area contributed by atoms with Gasteiger partial charge in [-0.15, -0.1) is 0 Å². The van der Waals surface area contributed by atoms with Crippen LogP contribution in [-0.2, 0) is 4.79 Å². The smallest absolute Gasteiger partial charge is 0.336 e. The van der Waals surface area contributed by atoms with Gasteiger partial charge in [0.25, 0.3) is 5.69 Å². The van der Waals surface area contributed by atoms with Gasteiger partial charge in [0.2, 0.25) is 0 Å². The summed E-state index contributed by atoms with van der Waals surface area (Å²) in [6.07, 6.45) is 2.56. The zero-order valence-corrected chi connectivity index (χ0v) is 17.4. The van der Waals surface area contributed by atoms with Crippen LogP contribution in [0.4, 0.5) is 5.69 Å². The maximum Gasteiger partial charge on any atom is 0.336 e. The lowest BCUT2D eigenvalue weighted by molar-refractivity contribution is -0.384. The zero-order valence-electron chi connectivity index (χ0n) is 17.4. The van der Waals surface area contributed by atoms with E-state index in [0.717, 1.165) is 11.6 Å². The molecule has 0 aliphatic heterocycles. The van der Waals surface area contributed by atoms with Crippen molar-refractivity contribution in [1.29, 1.82) is 0 Å². The van der Waals surface area contributed by atoms with Crippen LogP contribution in [0, 0.1) is 10.1 Å². The fraction of sp³-hybridized carbons (Fsp3) is 0.0400. The summed E-state index contributed by atoms with van der Waals surface area (Å²) in [6, 6.07) is 18.8. The zero-order chi connectivity index (χ0) is 23.4. The molecule has 3 aromatic carbocycles. The number of ether oxygens (including phenoxy) is 2. The van der Waals surface area contributed by atoms with Crippen LogP contribution < -0.4 is 14.9 Å². The van der Waals surface area contributed by atoms with Gasteiger partial charge in [-0.2, -0.15) is 0 Å². The summed E-state index contributed by atoms with van der Waals surface area (Å²) in [5.74, 6) is 0.563. The molecule has 0 unspecified atom stereocenters. The number of benzene rings is 3. The van der Waals surface area contributed by atoms with Gasteiger partial charge in [0.15, 0.2) is 5.43 Å². The molecule has 8 nitrogen and oxygen atoms in total. The van der Waals surface area contributed by atoms with Crippen molar-refractivity contribution in [3.8, 4) is 22.8 Å². The molecule has 0 spiro atoms. The lowest BCUT2D eigenvalue weighted by Gasteiger charge is -2.06. The van der Waals surface area contributed by atoms with Crippen molar-refractivity contribution < 1.29 is 23.6 Å². The number of nitro groups is 1. The molecule has 0 aliphatic rings. The standard InChI is InChI=1S/C25H17NO7/c1-31-19-8-6-17(7-9-19)24-15-22(27)21-14-20(10-11-23(21)33-24)32-25(28)12-5-16-3-2-4-18(13-16)26(29)30/h2-15H,1H3. The first-order valence-corrected chi connectivity index (χ1v) is 9.79. The Kier molecular flexibility index (Phi) is 5.99. The van der Waals surface area contributed by atoms with Gasteiger partial charge >= 0.3 is 5.97 Å². The number of rotatable bonds is 6. The molecule has 0 atom stereocenters. The van der Waals surface area contributed by atoms with E-state index in [9.17, 15) is 19.7 Å². The highest BCUT2D eigenvalue weighted by Crippen LogP contribution is 2.26. The lowest BCUT2D eigenvalue weighted by Crippen LogP contribution is -2.05.